The van der Waals surface area contributed by atoms with Crippen LogP contribution in [0.4, 0.5) is 0 Å². The molecule has 0 unspecified atom stereocenters. The van der Waals surface area contributed by atoms with Crippen molar-refractivity contribution >= 4 is 6.08 Å². The lowest BCUT2D eigenvalue weighted by Crippen LogP contribution is -1.81. The molecular weight excluding hydrogens is 172 g/mol. The molecule has 1 aromatic carbocycles. The summed E-state index contributed by atoms with van der Waals surface area (Å²) < 4.78 is 5.03. The average Bonchev–Trinajstić information content (AvgIpc) is 2.25. The van der Waals surface area contributed by atoms with Crippen molar-refractivity contribution in [3.8, 4) is 29.9 Å². The summed E-state index contributed by atoms with van der Waals surface area (Å²) in [5, 5.41) is 0. The predicted octanol–water partition coefficient (Wildman–Crippen LogP) is 2.35. The molecule has 0 fully saturated rings. The zero-order chi connectivity index (χ0) is 10.2. The van der Waals surface area contributed by atoms with E-state index in [1.54, 1.807) is 13.2 Å². The fraction of sp³-hybridized carbons (Fsp3) is 0.0769. The van der Waals surface area contributed by atoms with Gasteiger partial charge in [-0.25, -0.2) is 0 Å². The first kappa shape index (κ1) is 9.96. The summed E-state index contributed by atoms with van der Waals surface area (Å²) in [6, 6.07) is 7.70. The summed E-state index contributed by atoms with van der Waals surface area (Å²) >= 11 is 0. The van der Waals surface area contributed by atoms with Gasteiger partial charge in [-0.05, 0) is 41.7 Å². The van der Waals surface area contributed by atoms with Crippen molar-refractivity contribution in [1.82, 2.24) is 0 Å². The molecule has 0 saturated carbocycles. The molecule has 1 aromatic rings. The van der Waals surface area contributed by atoms with Crippen LogP contribution in [0.2, 0.25) is 0 Å². The van der Waals surface area contributed by atoms with Crippen LogP contribution in [0.1, 0.15) is 5.56 Å². The third-order valence-corrected chi connectivity index (χ3v) is 1.62. The van der Waals surface area contributed by atoms with Gasteiger partial charge in [-0.2, -0.15) is 0 Å². The molecule has 0 N–H and O–H groups in total. The lowest BCUT2D eigenvalue weighted by molar-refractivity contribution is 0.415. The Morgan fingerprint density at radius 1 is 1.29 bits per heavy atom. The van der Waals surface area contributed by atoms with Gasteiger partial charge in [-0.3, -0.25) is 0 Å². The third kappa shape index (κ3) is 3.09. The monoisotopic (exact) mass is 182 g/mol. The summed E-state index contributed by atoms with van der Waals surface area (Å²) in [6.07, 6.45) is 8.59. The smallest absolute Gasteiger partial charge is 0.118 e. The maximum atomic E-state index is 5.03. The molecular formula is C13H10O. The van der Waals surface area contributed by atoms with Crippen LogP contribution in [0.25, 0.3) is 6.08 Å². The van der Waals surface area contributed by atoms with Crippen molar-refractivity contribution in [2.24, 2.45) is 0 Å². The molecule has 0 amide bonds. The minimum atomic E-state index is 0.844. The Hall–Kier alpha value is -2.12. The van der Waals surface area contributed by atoms with Crippen LogP contribution in [-0.2, 0) is 0 Å². The molecule has 1 rings (SSSR count). The largest absolute Gasteiger partial charge is 0.497 e. The minimum Gasteiger partial charge on any atom is -0.497 e. The highest BCUT2D eigenvalue weighted by Crippen LogP contribution is 2.11. The van der Waals surface area contributed by atoms with Gasteiger partial charge in [0.1, 0.15) is 5.75 Å². The molecule has 0 aliphatic rings. The molecule has 0 radical (unpaired) electrons. The number of rotatable bonds is 2. The number of methoxy groups -OCH3 is 1. The zero-order valence-electron chi connectivity index (χ0n) is 7.95. The van der Waals surface area contributed by atoms with Gasteiger partial charge >= 0.3 is 0 Å². The number of terminal acetylenes is 1. The minimum absolute atomic E-state index is 0.844. The van der Waals surface area contributed by atoms with Gasteiger partial charge in [-0.15, -0.1) is 6.42 Å². The Morgan fingerprint density at radius 2 is 2.00 bits per heavy atom. The van der Waals surface area contributed by atoms with Crippen LogP contribution in [0.15, 0.2) is 30.3 Å². The summed E-state index contributed by atoms with van der Waals surface area (Å²) in [6.45, 7) is 0. The Bertz CT molecular complexity index is 407. The van der Waals surface area contributed by atoms with E-state index < -0.39 is 0 Å². The molecule has 0 aromatic heterocycles. The Labute approximate surface area is 84.4 Å². The van der Waals surface area contributed by atoms with Gasteiger partial charge in [0, 0.05) is 0 Å². The maximum absolute atomic E-state index is 5.03. The van der Waals surface area contributed by atoms with E-state index in [-0.39, 0.29) is 0 Å². The average molecular weight is 182 g/mol. The molecule has 0 spiro atoms. The highest BCUT2D eigenvalue weighted by atomic mass is 16.5. The number of benzene rings is 1. The van der Waals surface area contributed by atoms with Crippen LogP contribution in [0, 0.1) is 24.2 Å². The van der Waals surface area contributed by atoms with E-state index in [0.29, 0.717) is 0 Å². The summed E-state index contributed by atoms with van der Waals surface area (Å²) in [5.74, 6) is 8.31. The quantitative estimate of drug-likeness (QED) is 0.638. The normalized spacial score (nSPS) is 8.86. The first-order valence-corrected chi connectivity index (χ1v) is 4.13. The molecule has 1 heteroatoms. The van der Waals surface area contributed by atoms with Crippen LogP contribution >= 0.6 is 0 Å². The Morgan fingerprint density at radius 3 is 2.57 bits per heavy atom. The first-order chi connectivity index (χ1) is 6.86. The SMILES string of the molecule is C#CC#C/C=C/c1ccc(OC)cc1. The molecule has 0 atom stereocenters. The first-order valence-electron chi connectivity index (χ1n) is 4.13. The second-order valence-corrected chi connectivity index (χ2v) is 2.52. The van der Waals surface area contributed by atoms with Crippen LogP contribution in [0.3, 0.4) is 0 Å². The number of hydrogen-bond donors (Lipinski definition) is 0. The van der Waals surface area contributed by atoms with Gasteiger partial charge in [0.25, 0.3) is 0 Å². The highest BCUT2D eigenvalue weighted by Gasteiger charge is 1.88. The Balaban J connectivity index is 2.70. The molecule has 0 saturated heterocycles. The fourth-order valence-electron chi connectivity index (χ4n) is 0.936. The second kappa shape index (κ2) is 5.51. The predicted molar refractivity (Wildman–Crippen MR) is 58.6 cm³/mol. The van der Waals surface area contributed by atoms with E-state index in [2.05, 4.69) is 17.8 Å². The maximum Gasteiger partial charge on any atom is 0.118 e. The van der Waals surface area contributed by atoms with Crippen molar-refractivity contribution in [3.05, 3.63) is 35.9 Å². The standard InChI is InChI=1S/C13H10O/c1-3-4-5-6-7-12-8-10-13(14-2)11-9-12/h1,6-11H,2H3/b7-6+. The lowest BCUT2D eigenvalue weighted by Gasteiger charge is -1.98. The van der Waals surface area contributed by atoms with Gasteiger partial charge in [0.2, 0.25) is 0 Å². The van der Waals surface area contributed by atoms with Gasteiger partial charge < -0.3 is 4.74 Å². The van der Waals surface area contributed by atoms with E-state index >= 15 is 0 Å². The number of allylic oxidation sites excluding steroid dienone is 1. The van der Waals surface area contributed by atoms with E-state index in [1.165, 1.54) is 0 Å². The van der Waals surface area contributed by atoms with Crippen molar-refractivity contribution in [1.29, 1.82) is 0 Å². The van der Waals surface area contributed by atoms with Crippen LogP contribution in [0.5, 0.6) is 5.75 Å². The van der Waals surface area contributed by atoms with E-state index in [1.807, 2.05) is 30.3 Å². The molecule has 1 nitrogen and oxygen atoms in total. The lowest BCUT2D eigenvalue weighted by atomic mass is 10.2. The Kier molecular flexibility index (Phi) is 3.92. The van der Waals surface area contributed by atoms with Crippen molar-refractivity contribution < 1.29 is 4.74 Å². The van der Waals surface area contributed by atoms with Crippen LogP contribution < -0.4 is 4.74 Å². The molecule has 14 heavy (non-hydrogen) atoms. The fourth-order valence-corrected chi connectivity index (χ4v) is 0.936. The molecule has 0 aliphatic carbocycles. The zero-order valence-corrected chi connectivity index (χ0v) is 7.95. The number of ether oxygens (including phenoxy) is 1. The molecule has 0 bridgehead atoms. The van der Waals surface area contributed by atoms with Crippen molar-refractivity contribution in [2.45, 2.75) is 0 Å². The van der Waals surface area contributed by atoms with E-state index in [9.17, 15) is 0 Å². The summed E-state index contributed by atoms with van der Waals surface area (Å²) in [4.78, 5) is 0. The molecule has 0 heterocycles. The number of hydrogen-bond acceptors (Lipinski definition) is 1. The van der Waals surface area contributed by atoms with Crippen molar-refractivity contribution in [2.75, 3.05) is 7.11 Å². The highest BCUT2D eigenvalue weighted by molar-refractivity contribution is 5.54. The van der Waals surface area contributed by atoms with Crippen LogP contribution in [-0.4, -0.2) is 7.11 Å². The topological polar surface area (TPSA) is 9.23 Å². The summed E-state index contributed by atoms with van der Waals surface area (Å²) in [5.41, 5.74) is 1.07. The van der Waals surface area contributed by atoms with Crippen molar-refractivity contribution in [3.63, 3.8) is 0 Å². The van der Waals surface area contributed by atoms with Gasteiger partial charge in [0.05, 0.1) is 7.11 Å². The molecule has 68 valence electrons. The summed E-state index contributed by atoms with van der Waals surface area (Å²) in [7, 11) is 1.64. The van der Waals surface area contributed by atoms with Gasteiger partial charge in [0.15, 0.2) is 0 Å². The van der Waals surface area contributed by atoms with E-state index in [0.717, 1.165) is 11.3 Å². The van der Waals surface area contributed by atoms with Gasteiger partial charge in [-0.1, -0.05) is 18.1 Å². The third-order valence-electron chi connectivity index (χ3n) is 1.62. The second-order valence-electron chi connectivity index (χ2n) is 2.52. The molecule has 0 aliphatic heterocycles. The van der Waals surface area contributed by atoms with E-state index in [4.69, 9.17) is 11.2 Å².